The normalized spacial score (nSPS) is 13.4. The van der Waals surface area contributed by atoms with E-state index in [1.54, 1.807) is 0 Å². The van der Waals surface area contributed by atoms with Crippen molar-refractivity contribution in [3.8, 4) is 0 Å². The average molecular weight is 292 g/mol. The van der Waals surface area contributed by atoms with Crippen molar-refractivity contribution in [2.45, 2.75) is 17.4 Å². The number of hydrogen-bond acceptors (Lipinski definition) is 5. The van der Waals surface area contributed by atoms with Gasteiger partial charge in [-0.15, -0.1) is 0 Å². The Labute approximate surface area is 111 Å². The molecule has 108 valence electrons. The number of halogens is 1. The molecule has 1 unspecified atom stereocenters. The summed E-state index contributed by atoms with van der Waals surface area (Å²) in [7, 11) is -2.65. The van der Waals surface area contributed by atoms with E-state index in [1.807, 2.05) is 0 Å². The molecule has 0 aliphatic carbocycles. The minimum atomic E-state index is -4.05. The van der Waals surface area contributed by atoms with Crippen LogP contribution in [-0.4, -0.2) is 39.9 Å². The molecule has 6 nitrogen and oxygen atoms in total. The van der Waals surface area contributed by atoms with E-state index in [1.165, 1.54) is 13.2 Å². The van der Waals surface area contributed by atoms with Crippen LogP contribution in [0.2, 0.25) is 0 Å². The molecule has 19 heavy (non-hydrogen) atoms. The molecule has 0 spiro atoms. The van der Waals surface area contributed by atoms with Crippen LogP contribution < -0.4 is 10.5 Å². The minimum absolute atomic E-state index is 0.0731. The van der Waals surface area contributed by atoms with E-state index in [0.29, 0.717) is 0 Å². The summed E-state index contributed by atoms with van der Waals surface area (Å²) in [6.07, 6.45) is 0.164. The van der Waals surface area contributed by atoms with Crippen LogP contribution in [0.1, 0.15) is 6.42 Å². The quantitative estimate of drug-likeness (QED) is 0.618. The lowest BCUT2D eigenvalue weighted by Gasteiger charge is -2.17. The number of ether oxygens (including phenoxy) is 1. The lowest BCUT2D eigenvalue weighted by Crippen LogP contribution is -2.39. The molecule has 0 saturated heterocycles. The Morgan fingerprint density at radius 2 is 2.21 bits per heavy atom. The van der Waals surface area contributed by atoms with Gasteiger partial charge >= 0.3 is 0 Å². The van der Waals surface area contributed by atoms with E-state index >= 15 is 0 Å². The Balaban J connectivity index is 2.99. The van der Waals surface area contributed by atoms with Crippen LogP contribution in [0.25, 0.3) is 0 Å². The fraction of sp³-hybridized carbons (Fsp3) is 0.455. The third-order valence-electron chi connectivity index (χ3n) is 2.41. The van der Waals surface area contributed by atoms with Gasteiger partial charge in [0.25, 0.3) is 0 Å². The third kappa shape index (κ3) is 4.43. The molecule has 0 aliphatic heterocycles. The van der Waals surface area contributed by atoms with Crippen molar-refractivity contribution in [1.82, 2.24) is 4.72 Å². The molecule has 0 aliphatic rings. The molecule has 8 heteroatoms. The molecule has 0 radical (unpaired) electrons. The Morgan fingerprint density at radius 1 is 1.53 bits per heavy atom. The standard InChI is InChI=1S/C11H17FN2O4S/c1-18-7-9(4-5-15)14-19(16,17)11-6-8(13)2-3-10(11)12/h2-3,6,9,14-15H,4-5,7,13H2,1H3. The van der Waals surface area contributed by atoms with Crippen LogP contribution in [0.5, 0.6) is 0 Å². The first-order chi connectivity index (χ1) is 8.90. The molecule has 0 bridgehead atoms. The van der Waals surface area contributed by atoms with Crippen molar-refractivity contribution < 1.29 is 22.7 Å². The highest BCUT2D eigenvalue weighted by Gasteiger charge is 2.23. The lowest BCUT2D eigenvalue weighted by atomic mass is 10.2. The lowest BCUT2D eigenvalue weighted by molar-refractivity contribution is 0.158. The number of nitrogens with two attached hydrogens (primary N) is 1. The molecule has 4 N–H and O–H groups in total. The number of sulfonamides is 1. The number of nitrogen functional groups attached to an aromatic ring is 1. The first-order valence-corrected chi connectivity index (χ1v) is 7.06. The fourth-order valence-corrected chi connectivity index (χ4v) is 2.91. The maximum atomic E-state index is 13.5. The maximum absolute atomic E-state index is 13.5. The van der Waals surface area contributed by atoms with Crippen molar-refractivity contribution >= 4 is 15.7 Å². The van der Waals surface area contributed by atoms with Gasteiger partial charge in [0.05, 0.1) is 6.61 Å². The summed E-state index contributed by atoms with van der Waals surface area (Å²) in [5, 5.41) is 8.84. The fourth-order valence-electron chi connectivity index (χ4n) is 1.54. The smallest absolute Gasteiger partial charge is 0.243 e. The number of methoxy groups -OCH3 is 1. The minimum Gasteiger partial charge on any atom is -0.399 e. The zero-order valence-electron chi connectivity index (χ0n) is 10.5. The Bertz CT molecular complexity index is 515. The second-order valence-corrected chi connectivity index (χ2v) is 5.66. The number of aliphatic hydroxyl groups is 1. The van der Waals surface area contributed by atoms with E-state index in [4.69, 9.17) is 15.6 Å². The third-order valence-corrected chi connectivity index (χ3v) is 3.95. The SMILES string of the molecule is COCC(CCO)NS(=O)(=O)c1cc(N)ccc1F. The summed E-state index contributed by atoms with van der Waals surface area (Å²) >= 11 is 0. The van der Waals surface area contributed by atoms with E-state index in [0.717, 1.165) is 12.1 Å². The first kappa shape index (κ1) is 15.8. The van der Waals surface area contributed by atoms with Gasteiger partial charge in [0.15, 0.2) is 0 Å². The summed E-state index contributed by atoms with van der Waals surface area (Å²) in [4.78, 5) is -0.522. The Morgan fingerprint density at radius 3 is 2.79 bits per heavy atom. The molecule has 0 saturated carbocycles. The zero-order chi connectivity index (χ0) is 14.5. The number of nitrogens with one attached hydrogen (secondary N) is 1. The highest BCUT2D eigenvalue weighted by Crippen LogP contribution is 2.18. The van der Waals surface area contributed by atoms with Gasteiger partial charge in [-0.2, -0.15) is 0 Å². The summed E-state index contributed by atoms with van der Waals surface area (Å²) in [6.45, 7) is -0.139. The summed E-state index contributed by atoms with van der Waals surface area (Å²) in [6, 6.07) is 2.66. The molecule has 0 fully saturated rings. The zero-order valence-corrected chi connectivity index (χ0v) is 11.3. The van der Waals surface area contributed by atoms with E-state index < -0.39 is 26.8 Å². The van der Waals surface area contributed by atoms with Crippen LogP contribution >= 0.6 is 0 Å². The molecule has 1 rings (SSSR count). The van der Waals surface area contributed by atoms with E-state index in [2.05, 4.69) is 4.72 Å². The number of hydrogen-bond donors (Lipinski definition) is 3. The second-order valence-electron chi connectivity index (χ2n) is 3.98. The number of anilines is 1. The van der Waals surface area contributed by atoms with Crippen molar-refractivity contribution in [3.05, 3.63) is 24.0 Å². The van der Waals surface area contributed by atoms with Crippen molar-refractivity contribution in [1.29, 1.82) is 0 Å². The molecule has 0 amide bonds. The predicted octanol–water partition coefficient (Wildman–Crippen LogP) is 0.0836. The van der Waals surface area contributed by atoms with Crippen LogP contribution in [0.4, 0.5) is 10.1 Å². The number of rotatable bonds is 7. The Hall–Kier alpha value is -1.22. The average Bonchev–Trinajstić information content (AvgIpc) is 2.32. The van der Waals surface area contributed by atoms with Gasteiger partial charge in [-0.1, -0.05) is 0 Å². The van der Waals surface area contributed by atoms with Crippen molar-refractivity contribution in [2.24, 2.45) is 0 Å². The largest absolute Gasteiger partial charge is 0.399 e. The molecular formula is C11H17FN2O4S. The van der Waals surface area contributed by atoms with Gasteiger partial charge in [-0.3, -0.25) is 0 Å². The van der Waals surface area contributed by atoms with Crippen molar-refractivity contribution in [2.75, 3.05) is 26.1 Å². The van der Waals surface area contributed by atoms with Gasteiger partial charge in [-0.05, 0) is 24.6 Å². The van der Waals surface area contributed by atoms with Gasteiger partial charge < -0.3 is 15.6 Å². The van der Waals surface area contributed by atoms with Gasteiger partial charge in [-0.25, -0.2) is 17.5 Å². The molecular weight excluding hydrogens is 275 g/mol. The van der Waals surface area contributed by atoms with Crippen LogP contribution in [-0.2, 0) is 14.8 Å². The van der Waals surface area contributed by atoms with Crippen LogP contribution in [0, 0.1) is 5.82 Å². The molecule has 0 aromatic heterocycles. The first-order valence-electron chi connectivity index (χ1n) is 5.58. The summed E-state index contributed by atoms with van der Waals surface area (Å²) < 4.78 is 44.7. The topological polar surface area (TPSA) is 102 Å². The van der Waals surface area contributed by atoms with E-state index in [9.17, 15) is 12.8 Å². The highest BCUT2D eigenvalue weighted by atomic mass is 32.2. The summed E-state index contributed by atoms with van der Waals surface area (Å²) in [5.74, 6) is -0.887. The predicted molar refractivity (Wildman–Crippen MR) is 68.5 cm³/mol. The molecule has 1 aromatic carbocycles. The van der Waals surface area contributed by atoms with Crippen LogP contribution in [0.15, 0.2) is 23.1 Å². The van der Waals surface area contributed by atoms with Crippen molar-refractivity contribution in [3.63, 3.8) is 0 Å². The highest BCUT2D eigenvalue weighted by molar-refractivity contribution is 7.89. The molecule has 1 aromatic rings. The van der Waals surface area contributed by atoms with Gasteiger partial charge in [0, 0.05) is 25.4 Å². The van der Waals surface area contributed by atoms with Gasteiger partial charge in [0.1, 0.15) is 10.7 Å². The maximum Gasteiger partial charge on any atom is 0.243 e. The molecule has 1 atom stereocenters. The second kappa shape index (κ2) is 6.80. The Kier molecular flexibility index (Phi) is 5.67. The summed E-state index contributed by atoms with van der Waals surface area (Å²) in [5.41, 5.74) is 5.59. The monoisotopic (exact) mass is 292 g/mol. The number of aliphatic hydroxyl groups excluding tert-OH is 1. The molecule has 0 heterocycles. The number of benzene rings is 1. The van der Waals surface area contributed by atoms with E-state index in [-0.39, 0.29) is 25.3 Å². The van der Waals surface area contributed by atoms with Gasteiger partial charge in [0.2, 0.25) is 10.0 Å². The van der Waals surface area contributed by atoms with Crippen LogP contribution in [0.3, 0.4) is 0 Å².